The minimum atomic E-state index is -0.295. The molecular weight excluding hydrogens is 346 g/mol. The van der Waals surface area contributed by atoms with Crippen LogP contribution in [-0.4, -0.2) is 10.5 Å². The molecule has 20 heavy (non-hydrogen) atoms. The van der Waals surface area contributed by atoms with Gasteiger partial charge in [-0.05, 0) is 34.1 Å². The predicted octanol–water partition coefficient (Wildman–Crippen LogP) is 2.49. The molecule has 3 N–H and O–H groups in total. The summed E-state index contributed by atoms with van der Waals surface area (Å²) in [7, 11) is 0. The Hall–Kier alpha value is -1.79. The summed E-state index contributed by atoms with van der Waals surface area (Å²) < 4.78 is 1.84. The topological polar surface area (TPSA) is 77.1 Å². The number of aromatic nitrogens is 1. The number of amides is 1. The standard InChI is InChI=1S/C13H11BrClN3O2/c14-10-5-18(6-11(16)13(10)20)7-12(19)17-9-3-1-2-8(15)4-9/h1-6H,7,16H2,(H,17,19). The molecule has 1 amide bonds. The number of halogens is 2. The summed E-state index contributed by atoms with van der Waals surface area (Å²) in [5.41, 5.74) is 5.95. The highest BCUT2D eigenvalue weighted by molar-refractivity contribution is 9.10. The molecule has 104 valence electrons. The molecule has 1 aromatic carbocycles. The molecule has 2 rings (SSSR count). The highest BCUT2D eigenvalue weighted by Gasteiger charge is 2.07. The van der Waals surface area contributed by atoms with Crippen molar-refractivity contribution in [3.8, 4) is 0 Å². The van der Waals surface area contributed by atoms with Gasteiger partial charge < -0.3 is 15.6 Å². The third-order valence-corrected chi connectivity index (χ3v) is 3.30. The molecule has 2 aromatic rings. The number of anilines is 2. The van der Waals surface area contributed by atoms with Gasteiger partial charge in [0.15, 0.2) is 0 Å². The molecule has 0 saturated heterocycles. The third kappa shape index (κ3) is 3.61. The fraction of sp³-hybridized carbons (Fsp3) is 0.0769. The lowest BCUT2D eigenvalue weighted by atomic mass is 10.3. The molecule has 0 aliphatic carbocycles. The lowest BCUT2D eigenvalue weighted by Crippen LogP contribution is -2.21. The van der Waals surface area contributed by atoms with E-state index in [1.54, 1.807) is 24.3 Å². The largest absolute Gasteiger partial charge is 0.394 e. The van der Waals surface area contributed by atoms with E-state index in [2.05, 4.69) is 21.2 Å². The van der Waals surface area contributed by atoms with E-state index in [0.29, 0.717) is 15.2 Å². The number of nitrogens with zero attached hydrogens (tertiary/aromatic N) is 1. The van der Waals surface area contributed by atoms with Crippen LogP contribution in [0.2, 0.25) is 5.02 Å². The fourth-order valence-corrected chi connectivity index (χ4v) is 2.32. The van der Waals surface area contributed by atoms with Gasteiger partial charge in [-0.1, -0.05) is 17.7 Å². The first-order valence-electron chi connectivity index (χ1n) is 5.66. The lowest BCUT2D eigenvalue weighted by Gasteiger charge is -2.09. The van der Waals surface area contributed by atoms with Crippen LogP contribution in [0.4, 0.5) is 11.4 Å². The van der Waals surface area contributed by atoms with E-state index in [1.807, 2.05) is 0 Å². The van der Waals surface area contributed by atoms with E-state index < -0.39 is 0 Å². The van der Waals surface area contributed by atoms with Crippen molar-refractivity contribution in [2.24, 2.45) is 0 Å². The Bertz CT molecular complexity index is 689. The first-order valence-corrected chi connectivity index (χ1v) is 6.83. The number of carbonyl (C=O) groups is 1. The Labute approximate surface area is 128 Å². The van der Waals surface area contributed by atoms with Crippen molar-refractivity contribution in [3.63, 3.8) is 0 Å². The predicted molar refractivity (Wildman–Crippen MR) is 82.9 cm³/mol. The Balaban J connectivity index is 2.10. The van der Waals surface area contributed by atoms with E-state index in [-0.39, 0.29) is 23.6 Å². The van der Waals surface area contributed by atoms with Crippen LogP contribution < -0.4 is 16.5 Å². The van der Waals surface area contributed by atoms with Crippen molar-refractivity contribution in [3.05, 3.63) is 56.4 Å². The number of benzene rings is 1. The number of carbonyl (C=O) groups excluding carboxylic acids is 1. The number of pyridine rings is 1. The molecule has 0 fully saturated rings. The number of nitrogens with two attached hydrogens (primary N) is 1. The average molecular weight is 357 g/mol. The van der Waals surface area contributed by atoms with Crippen molar-refractivity contribution >= 4 is 44.8 Å². The second-order valence-electron chi connectivity index (χ2n) is 4.12. The smallest absolute Gasteiger partial charge is 0.244 e. The van der Waals surface area contributed by atoms with Crippen LogP contribution in [0.3, 0.4) is 0 Å². The zero-order valence-electron chi connectivity index (χ0n) is 10.3. The molecule has 0 atom stereocenters. The summed E-state index contributed by atoms with van der Waals surface area (Å²) >= 11 is 8.93. The second kappa shape index (κ2) is 6.11. The van der Waals surface area contributed by atoms with Crippen LogP contribution in [0.5, 0.6) is 0 Å². The number of rotatable bonds is 3. The monoisotopic (exact) mass is 355 g/mol. The average Bonchev–Trinajstić information content (AvgIpc) is 2.35. The van der Waals surface area contributed by atoms with E-state index in [1.165, 1.54) is 17.0 Å². The van der Waals surface area contributed by atoms with Crippen LogP contribution in [0.1, 0.15) is 0 Å². The fourth-order valence-electron chi connectivity index (χ4n) is 1.64. The number of nitrogen functional groups attached to an aromatic ring is 1. The minimum absolute atomic E-state index is 0.0373. The quantitative estimate of drug-likeness (QED) is 0.887. The van der Waals surface area contributed by atoms with Crippen molar-refractivity contribution in [2.75, 3.05) is 11.1 Å². The Kier molecular flexibility index (Phi) is 4.46. The van der Waals surface area contributed by atoms with Crippen LogP contribution in [0, 0.1) is 0 Å². The first kappa shape index (κ1) is 14.6. The summed E-state index contributed by atoms with van der Waals surface area (Å²) in [6, 6.07) is 6.84. The van der Waals surface area contributed by atoms with Gasteiger partial charge in [0.25, 0.3) is 0 Å². The second-order valence-corrected chi connectivity index (χ2v) is 5.41. The summed E-state index contributed by atoms with van der Waals surface area (Å²) in [6.45, 7) is 0.0373. The van der Waals surface area contributed by atoms with Gasteiger partial charge in [-0.15, -0.1) is 0 Å². The number of nitrogens with one attached hydrogen (secondary N) is 1. The van der Waals surface area contributed by atoms with Crippen molar-refractivity contribution in [1.29, 1.82) is 0 Å². The molecule has 1 heterocycles. The maximum Gasteiger partial charge on any atom is 0.244 e. The molecule has 5 nitrogen and oxygen atoms in total. The van der Waals surface area contributed by atoms with Crippen LogP contribution in [-0.2, 0) is 11.3 Å². The molecular formula is C13H11BrClN3O2. The summed E-state index contributed by atoms with van der Waals surface area (Å²) in [5, 5.41) is 3.25. The first-order chi connectivity index (χ1) is 9.45. The van der Waals surface area contributed by atoms with Gasteiger partial charge in [0.1, 0.15) is 6.54 Å². The lowest BCUT2D eigenvalue weighted by molar-refractivity contribution is -0.116. The van der Waals surface area contributed by atoms with Crippen molar-refractivity contribution in [2.45, 2.75) is 6.54 Å². The van der Waals surface area contributed by atoms with Gasteiger partial charge in [0.05, 0.1) is 10.2 Å². The van der Waals surface area contributed by atoms with Gasteiger partial charge in [-0.3, -0.25) is 9.59 Å². The molecule has 0 bridgehead atoms. The highest BCUT2D eigenvalue weighted by atomic mass is 79.9. The highest BCUT2D eigenvalue weighted by Crippen LogP contribution is 2.15. The Morgan fingerprint density at radius 1 is 1.40 bits per heavy atom. The molecule has 0 aliphatic rings. The van der Waals surface area contributed by atoms with Gasteiger partial charge in [0, 0.05) is 23.1 Å². The maximum atomic E-state index is 11.9. The molecule has 0 aliphatic heterocycles. The Morgan fingerprint density at radius 3 is 2.80 bits per heavy atom. The number of hydrogen-bond acceptors (Lipinski definition) is 3. The van der Waals surface area contributed by atoms with Gasteiger partial charge >= 0.3 is 0 Å². The third-order valence-electron chi connectivity index (χ3n) is 2.50. The SMILES string of the molecule is Nc1cn(CC(=O)Nc2cccc(Cl)c2)cc(Br)c1=O. The van der Waals surface area contributed by atoms with Gasteiger partial charge in [-0.2, -0.15) is 0 Å². The van der Waals surface area contributed by atoms with Crippen molar-refractivity contribution < 1.29 is 4.79 Å². The minimum Gasteiger partial charge on any atom is -0.394 e. The maximum absolute atomic E-state index is 11.9. The molecule has 7 heteroatoms. The summed E-state index contributed by atoms with van der Waals surface area (Å²) in [4.78, 5) is 23.3. The van der Waals surface area contributed by atoms with Gasteiger partial charge in [0.2, 0.25) is 11.3 Å². The molecule has 0 spiro atoms. The zero-order valence-corrected chi connectivity index (χ0v) is 12.6. The zero-order chi connectivity index (χ0) is 14.7. The van der Waals surface area contributed by atoms with Gasteiger partial charge in [-0.25, -0.2) is 0 Å². The van der Waals surface area contributed by atoms with E-state index in [4.69, 9.17) is 17.3 Å². The molecule has 0 saturated carbocycles. The van der Waals surface area contributed by atoms with Crippen LogP contribution in [0.15, 0.2) is 45.9 Å². The molecule has 0 unspecified atom stereocenters. The van der Waals surface area contributed by atoms with E-state index >= 15 is 0 Å². The van der Waals surface area contributed by atoms with Crippen LogP contribution >= 0.6 is 27.5 Å². The number of hydrogen-bond donors (Lipinski definition) is 2. The van der Waals surface area contributed by atoms with Crippen LogP contribution in [0.25, 0.3) is 0 Å². The molecule has 1 aromatic heterocycles. The molecule has 0 radical (unpaired) electrons. The van der Waals surface area contributed by atoms with E-state index in [9.17, 15) is 9.59 Å². The normalized spacial score (nSPS) is 10.3. The van der Waals surface area contributed by atoms with Crippen molar-refractivity contribution in [1.82, 2.24) is 4.57 Å². The summed E-state index contributed by atoms with van der Waals surface area (Å²) in [5.74, 6) is -0.248. The van der Waals surface area contributed by atoms with E-state index in [0.717, 1.165) is 0 Å². The summed E-state index contributed by atoms with van der Waals surface area (Å²) in [6.07, 6.45) is 2.93. The Morgan fingerprint density at radius 2 is 2.15 bits per heavy atom.